The van der Waals surface area contributed by atoms with Gasteiger partial charge in [-0.25, -0.2) is 0 Å². The quantitative estimate of drug-likeness (QED) is 0.755. The summed E-state index contributed by atoms with van der Waals surface area (Å²) < 4.78 is 1.06. The summed E-state index contributed by atoms with van der Waals surface area (Å²) in [5, 5.41) is 13.5. The summed E-state index contributed by atoms with van der Waals surface area (Å²) in [6.45, 7) is 2.08. The average molecular weight is 268 g/mol. The van der Waals surface area contributed by atoms with Crippen LogP contribution in [0, 0.1) is 0 Å². The van der Waals surface area contributed by atoms with Gasteiger partial charge in [-0.2, -0.15) is 0 Å². The van der Waals surface area contributed by atoms with E-state index in [-0.39, 0.29) is 11.5 Å². The van der Waals surface area contributed by atoms with Gasteiger partial charge in [-0.3, -0.25) is 0 Å². The van der Waals surface area contributed by atoms with E-state index in [9.17, 15) is 5.11 Å². The molecule has 2 nitrogen and oxygen atoms in total. The van der Waals surface area contributed by atoms with Crippen LogP contribution in [0.5, 0.6) is 0 Å². The molecular formula is C12H14BrNO. The molecule has 0 bridgehead atoms. The van der Waals surface area contributed by atoms with Crippen molar-refractivity contribution < 1.29 is 5.11 Å². The molecule has 0 amide bonds. The number of aliphatic hydroxyl groups is 1. The maximum atomic E-state index is 10.1. The summed E-state index contributed by atoms with van der Waals surface area (Å²) in [5.74, 6) is 0. The summed E-state index contributed by atoms with van der Waals surface area (Å²) in [5.41, 5.74) is 2.67. The van der Waals surface area contributed by atoms with Crippen LogP contribution in [0.15, 0.2) is 22.7 Å². The van der Waals surface area contributed by atoms with Gasteiger partial charge in [-0.15, -0.1) is 0 Å². The number of aliphatic hydroxyl groups excluding tert-OH is 1. The van der Waals surface area contributed by atoms with Crippen LogP contribution in [0.1, 0.15) is 30.1 Å². The summed E-state index contributed by atoms with van der Waals surface area (Å²) in [6.07, 6.45) is 1.75. The van der Waals surface area contributed by atoms with Crippen molar-refractivity contribution in [2.24, 2.45) is 0 Å². The molecule has 1 heterocycles. The third-order valence-electron chi connectivity index (χ3n) is 3.77. The van der Waals surface area contributed by atoms with Gasteiger partial charge in [0.05, 0.1) is 6.10 Å². The molecule has 3 rings (SSSR count). The van der Waals surface area contributed by atoms with Crippen LogP contribution >= 0.6 is 15.9 Å². The van der Waals surface area contributed by atoms with E-state index in [0.29, 0.717) is 0 Å². The zero-order chi connectivity index (χ0) is 10.5. The van der Waals surface area contributed by atoms with Crippen LogP contribution in [-0.2, 0) is 5.41 Å². The van der Waals surface area contributed by atoms with Crippen LogP contribution in [0.3, 0.4) is 0 Å². The van der Waals surface area contributed by atoms with E-state index < -0.39 is 0 Å². The van der Waals surface area contributed by atoms with Crippen molar-refractivity contribution in [3.63, 3.8) is 0 Å². The summed E-state index contributed by atoms with van der Waals surface area (Å²) in [6, 6.07) is 6.31. The summed E-state index contributed by atoms with van der Waals surface area (Å²) in [4.78, 5) is 0. The van der Waals surface area contributed by atoms with Crippen molar-refractivity contribution in [3.05, 3.63) is 33.8 Å². The van der Waals surface area contributed by atoms with E-state index in [0.717, 1.165) is 36.0 Å². The number of hydrogen-bond donors (Lipinski definition) is 2. The molecule has 1 spiro atoms. The maximum absolute atomic E-state index is 10.1. The second-order valence-corrected chi connectivity index (χ2v) is 5.57. The minimum atomic E-state index is -0.280. The fraction of sp³-hybridized carbons (Fsp3) is 0.500. The Kier molecular flexibility index (Phi) is 2.16. The first kappa shape index (κ1) is 9.82. The number of hydrogen-bond acceptors (Lipinski definition) is 2. The van der Waals surface area contributed by atoms with Gasteiger partial charge in [-0.1, -0.05) is 22.0 Å². The smallest absolute Gasteiger partial charge is 0.0802 e. The Morgan fingerprint density at radius 1 is 1.47 bits per heavy atom. The third kappa shape index (κ3) is 1.37. The van der Waals surface area contributed by atoms with Crippen molar-refractivity contribution in [2.45, 2.75) is 24.4 Å². The molecule has 2 aliphatic rings. The van der Waals surface area contributed by atoms with Crippen LogP contribution in [0.25, 0.3) is 0 Å². The first-order valence-corrected chi connectivity index (χ1v) is 6.19. The predicted octanol–water partition coefficient (Wildman–Crippen LogP) is 2.12. The molecule has 1 aliphatic carbocycles. The molecule has 3 heteroatoms. The first-order chi connectivity index (χ1) is 7.21. The van der Waals surface area contributed by atoms with Crippen LogP contribution < -0.4 is 5.32 Å². The molecule has 1 fully saturated rings. The van der Waals surface area contributed by atoms with Gasteiger partial charge in [-0.05, 0) is 42.6 Å². The number of benzene rings is 1. The maximum Gasteiger partial charge on any atom is 0.0802 e. The Balaban J connectivity index is 2.13. The van der Waals surface area contributed by atoms with E-state index in [1.807, 2.05) is 0 Å². The Bertz CT molecular complexity index is 399. The zero-order valence-corrected chi connectivity index (χ0v) is 10.0. The van der Waals surface area contributed by atoms with Crippen molar-refractivity contribution in [3.8, 4) is 0 Å². The second-order valence-electron chi connectivity index (χ2n) is 4.66. The van der Waals surface area contributed by atoms with Crippen LogP contribution in [-0.4, -0.2) is 18.2 Å². The topological polar surface area (TPSA) is 32.3 Å². The molecule has 80 valence electrons. The predicted molar refractivity (Wildman–Crippen MR) is 62.9 cm³/mol. The minimum Gasteiger partial charge on any atom is -0.388 e. The highest BCUT2D eigenvalue weighted by atomic mass is 79.9. The van der Waals surface area contributed by atoms with E-state index in [4.69, 9.17) is 0 Å². The number of fused-ring (bicyclic) bond motifs is 2. The SMILES string of the molecule is OC1CC2(CCNC2)c2ccc(Br)cc21. The van der Waals surface area contributed by atoms with Crippen molar-refractivity contribution in [1.29, 1.82) is 0 Å². The van der Waals surface area contributed by atoms with E-state index in [2.05, 4.69) is 39.4 Å². The van der Waals surface area contributed by atoms with Crippen LogP contribution in [0.2, 0.25) is 0 Å². The monoisotopic (exact) mass is 267 g/mol. The fourth-order valence-corrected chi connectivity index (χ4v) is 3.41. The van der Waals surface area contributed by atoms with Gasteiger partial charge in [0.25, 0.3) is 0 Å². The normalized spacial score (nSPS) is 33.6. The molecule has 2 atom stereocenters. The van der Waals surface area contributed by atoms with Gasteiger partial charge >= 0.3 is 0 Å². The lowest BCUT2D eigenvalue weighted by molar-refractivity contribution is 0.158. The fourth-order valence-electron chi connectivity index (χ4n) is 3.03. The molecule has 1 aromatic carbocycles. The first-order valence-electron chi connectivity index (χ1n) is 5.40. The average Bonchev–Trinajstić information content (AvgIpc) is 2.76. The van der Waals surface area contributed by atoms with Crippen molar-refractivity contribution in [2.75, 3.05) is 13.1 Å². The molecule has 1 saturated heterocycles. The Hall–Kier alpha value is -0.380. The molecule has 2 N–H and O–H groups in total. The minimum absolute atomic E-state index is 0.204. The Labute approximate surface area is 97.8 Å². The molecule has 15 heavy (non-hydrogen) atoms. The molecule has 0 aromatic heterocycles. The van der Waals surface area contributed by atoms with Gasteiger partial charge in [0, 0.05) is 16.4 Å². The highest BCUT2D eigenvalue weighted by Crippen LogP contribution is 2.48. The molecule has 2 unspecified atom stereocenters. The van der Waals surface area contributed by atoms with Crippen molar-refractivity contribution in [1.82, 2.24) is 5.32 Å². The Morgan fingerprint density at radius 2 is 2.33 bits per heavy atom. The molecule has 0 radical (unpaired) electrons. The number of halogens is 1. The molecular weight excluding hydrogens is 254 g/mol. The van der Waals surface area contributed by atoms with Crippen molar-refractivity contribution >= 4 is 15.9 Å². The molecule has 1 aliphatic heterocycles. The van der Waals surface area contributed by atoms with E-state index in [1.165, 1.54) is 5.56 Å². The second kappa shape index (κ2) is 3.30. The van der Waals surface area contributed by atoms with Gasteiger partial charge in [0.1, 0.15) is 0 Å². The van der Waals surface area contributed by atoms with Crippen LogP contribution in [0.4, 0.5) is 0 Å². The highest BCUT2D eigenvalue weighted by Gasteiger charge is 2.44. The zero-order valence-electron chi connectivity index (χ0n) is 8.46. The summed E-state index contributed by atoms with van der Waals surface area (Å²) in [7, 11) is 0. The highest BCUT2D eigenvalue weighted by molar-refractivity contribution is 9.10. The van der Waals surface area contributed by atoms with Gasteiger partial charge in [0.15, 0.2) is 0 Å². The standard InChI is InChI=1S/C12H14BrNO/c13-8-1-2-10-9(5-8)11(15)6-12(10)3-4-14-7-12/h1-2,5,11,14-15H,3-4,6-7H2. The van der Waals surface area contributed by atoms with E-state index >= 15 is 0 Å². The summed E-state index contributed by atoms with van der Waals surface area (Å²) >= 11 is 3.46. The third-order valence-corrected chi connectivity index (χ3v) is 4.27. The van der Waals surface area contributed by atoms with E-state index in [1.54, 1.807) is 0 Å². The molecule has 0 saturated carbocycles. The van der Waals surface area contributed by atoms with Gasteiger partial charge < -0.3 is 10.4 Å². The Morgan fingerprint density at radius 3 is 3.07 bits per heavy atom. The number of rotatable bonds is 0. The van der Waals surface area contributed by atoms with Gasteiger partial charge in [0.2, 0.25) is 0 Å². The lowest BCUT2D eigenvalue weighted by atomic mass is 9.81. The molecule has 1 aromatic rings. The largest absolute Gasteiger partial charge is 0.388 e. The lowest BCUT2D eigenvalue weighted by Gasteiger charge is -2.23. The number of nitrogens with one attached hydrogen (secondary N) is 1. The lowest BCUT2D eigenvalue weighted by Crippen LogP contribution is -2.26.